The van der Waals surface area contributed by atoms with E-state index in [1.54, 1.807) is 50.7 Å². The molecule has 0 unspecified atom stereocenters. The lowest BCUT2D eigenvalue weighted by molar-refractivity contribution is 0.176. The molecule has 0 atom stereocenters. The van der Waals surface area contributed by atoms with Gasteiger partial charge in [0.1, 0.15) is 0 Å². The van der Waals surface area contributed by atoms with E-state index in [9.17, 15) is 8.42 Å². The minimum atomic E-state index is -4.02. The highest BCUT2D eigenvalue weighted by molar-refractivity contribution is 7.85. The lowest BCUT2D eigenvalue weighted by atomic mass is 9.71. The molecule has 0 amide bonds. The summed E-state index contributed by atoms with van der Waals surface area (Å²) >= 11 is 0. The van der Waals surface area contributed by atoms with E-state index in [4.69, 9.17) is 4.55 Å². The zero-order chi connectivity index (χ0) is 13.9. The molecule has 19 heavy (non-hydrogen) atoms. The molecule has 3 nitrogen and oxygen atoms in total. The highest BCUT2D eigenvalue weighted by Crippen LogP contribution is 2.40. The van der Waals surface area contributed by atoms with Crippen LogP contribution in [-0.4, -0.2) is 13.0 Å². The molecule has 3 aliphatic carbocycles. The molecule has 3 saturated carbocycles. The van der Waals surface area contributed by atoms with Crippen LogP contribution in [0.4, 0.5) is 0 Å². The van der Waals surface area contributed by atoms with E-state index >= 15 is 0 Å². The van der Waals surface area contributed by atoms with E-state index in [1.807, 2.05) is 6.92 Å². The van der Waals surface area contributed by atoms with Crippen molar-refractivity contribution >= 4 is 10.1 Å². The highest BCUT2D eigenvalue weighted by Gasteiger charge is 2.26. The maximum Gasteiger partial charge on any atom is 0.294 e. The van der Waals surface area contributed by atoms with Crippen LogP contribution in [0.2, 0.25) is 0 Å². The summed E-state index contributed by atoms with van der Waals surface area (Å²) in [5, 5.41) is 0. The smallest absolute Gasteiger partial charge is 0.282 e. The van der Waals surface area contributed by atoms with Gasteiger partial charge in [-0.25, -0.2) is 0 Å². The molecule has 0 saturated heterocycles. The van der Waals surface area contributed by atoms with Crippen LogP contribution in [0.5, 0.6) is 0 Å². The van der Waals surface area contributed by atoms with Crippen molar-refractivity contribution in [3.05, 3.63) is 29.8 Å². The van der Waals surface area contributed by atoms with Crippen LogP contribution in [0.25, 0.3) is 0 Å². The molecule has 0 radical (unpaired) electrons. The summed E-state index contributed by atoms with van der Waals surface area (Å²) in [5.74, 6) is 2.31. The van der Waals surface area contributed by atoms with Gasteiger partial charge in [-0.1, -0.05) is 56.2 Å². The van der Waals surface area contributed by atoms with Gasteiger partial charge in [0, 0.05) is 0 Å². The van der Waals surface area contributed by atoms with Gasteiger partial charge in [0.2, 0.25) is 0 Å². The Labute approximate surface area is 115 Å². The van der Waals surface area contributed by atoms with E-state index < -0.39 is 10.1 Å². The topological polar surface area (TPSA) is 54.4 Å². The number of hydrogen-bond acceptors (Lipinski definition) is 2. The predicted molar refractivity (Wildman–Crippen MR) is 75.7 cm³/mol. The second kappa shape index (κ2) is 6.06. The molecule has 2 bridgehead atoms. The second-order valence-electron chi connectivity index (χ2n) is 5.75. The van der Waals surface area contributed by atoms with Crippen molar-refractivity contribution in [3.63, 3.8) is 0 Å². The molecule has 0 heterocycles. The molecule has 0 spiro atoms. The third-order valence-electron chi connectivity index (χ3n) is 4.27. The molecular weight excluding hydrogens is 260 g/mol. The zero-order valence-corrected chi connectivity index (χ0v) is 12.2. The van der Waals surface area contributed by atoms with Gasteiger partial charge in [0.25, 0.3) is 10.1 Å². The first kappa shape index (κ1) is 14.5. The quantitative estimate of drug-likeness (QED) is 0.796. The Morgan fingerprint density at radius 3 is 1.53 bits per heavy atom. The number of fused-ring (bicyclic) bond motifs is 3. The summed E-state index contributed by atoms with van der Waals surface area (Å²) in [6.45, 7) is 1.84. The van der Waals surface area contributed by atoms with Crippen LogP contribution in [0, 0.1) is 18.8 Å². The largest absolute Gasteiger partial charge is 0.294 e. The molecule has 106 valence electrons. The van der Waals surface area contributed by atoms with Crippen molar-refractivity contribution in [1.29, 1.82) is 0 Å². The van der Waals surface area contributed by atoms with E-state index in [0.717, 1.165) is 17.4 Å². The van der Waals surface area contributed by atoms with E-state index in [1.165, 1.54) is 12.1 Å². The second-order valence-corrected chi connectivity index (χ2v) is 7.17. The summed E-state index contributed by atoms with van der Waals surface area (Å²) in [6, 6.07) is 5.99. The normalized spacial score (nSPS) is 25.6. The van der Waals surface area contributed by atoms with Crippen molar-refractivity contribution in [2.75, 3.05) is 0 Å². The lowest BCUT2D eigenvalue weighted by Crippen LogP contribution is -2.21. The molecule has 1 aromatic carbocycles. The highest BCUT2D eigenvalue weighted by atomic mass is 32.2. The van der Waals surface area contributed by atoms with E-state index in [0.29, 0.717) is 0 Å². The number of hydrogen-bond donors (Lipinski definition) is 1. The summed E-state index contributed by atoms with van der Waals surface area (Å²) in [4.78, 5) is -0.0666. The van der Waals surface area contributed by atoms with Gasteiger partial charge in [-0.2, -0.15) is 8.42 Å². The first-order valence-corrected chi connectivity index (χ1v) is 8.43. The molecule has 4 rings (SSSR count). The van der Waals surface area contributed by atoms with Crippen molar-refractivity contribution in [2.45, 2.75) is 50.3 Å². The summed E-state index contributed by atoms with van der Waals surface area (Å²) < 4.78 is 29.6. The van der Waals surface area contributed by atoms with Crippen LogP contribution in [0.3, 0.4) is 0 Å². The van der Waals surface area contributed by atoms with Crippen LogP contribution < -0.4 is 0 Å². The molecule has 3 aliphatic rings. The van der Waals surface area contributed by atoms with Crippen LogP contribution in [0.15, 0.2) is 29.2 Å². The lowest BCUT2D eigenvalue weighted by Gasteiger charge is -2.35. The van der Waals surface area contributed by atoms with Crippen LogP contribution in [0.1, 0.15) is 44.1 Å². The fourth-order valence-corrected chi connectivity index (χ4v) is 3.47. The zero-order valence-electron chi connectivity index (χ0n) is 11.4. The fourth-order valence-electron chi connectivity index (χ4n) is 2.99. The average molecular weight is 282 g/mol. The molecule has 3 fully saturated rings. The minimum Gasteiger partial charge on any atom is -0.282 e. The fraction of sp³-hybridized carbons (Fsp3) is 0.600. The molecule has 1 N–H and O–H groups in total. The first-order chi connectivity index (χ1) is 8.95. The predicted octanol–water partition coefficient (Wildman–Crippen LogP) is 3.83. The van der Waals surface area contributed by atoms with Gasteiger partial charge in [-0.05, 0) is 30.9 Å². The standard InChI is InChI=1S/C8H14.C7H8O3S/c1-2-8-5-3-7(1)4-6-8;1-6-2-4-7(5-3-6)11(8,9)10/h7-8H,1-6H2;2-5H,1H3,(H,8,9,10). The van der Waals surface area contributed by atoms with E-state index in [2.05, 4.69) is 0 Å². The molecule has 1 aromatic rings. The first-order valence-electron chi connectivity index (χ1n) is 6.99. The van der Waals surface area contributed by atoms with Gasteiger partial charge in [-0.15, -0.1) is 0 Å². The van der Waals surface area contributed by atoms with Crippen molar-refractivity contribution < 1.29 is 13.0 Å². The Kier molecular flexibility index (Phi) is 4.63. The van der Waals surface area contributed by atoms with Crippen molar-refractivity contribution in [2.24, 2.45) is 11.8 Å². The third-order valence-corrected chi connectivity index (χ3v) is 5.14. The minimum absolute atomic E-state index is 0.0666. The summed E-state index contributed by atoms with van der Waals surface area (Å²) in [6.07, 6.45) is 9.36. The van der Waals surface area contributed by atoms with Gasteiger partial charge >= 0.3 is 0 Å². The molecule has 0 aromatic heterocycles. The average Bonchev–Trinajstić information content (AvgIpc) is 2.41. The summed E-state index contributed by atoms with van der Waals surface area (Å²) in [7, 11) is -4.02. The molecular formula is C15H22O3S. The Morgan fingerprint density at radius 2 is 1.26 bits per heavy atom. The molecule has 4 heteroatoms. The monoisotopic (exact) mass is 282 g/mol. The SMILES string of the molecule is C1CC2CCC1CC2.Cc1ccc(S(=O)(=O)O)cc1. The van der Waals surface area contributed by atoms with Crippen molar-refractivity contribution in [1.82, 2.24) is 0 Å². The van der Waals surface area contributed by atoms with Crippen LogP contribution in [-0.2, 0) is 10.1 Å². The Hall–Kier alpha value is -0.870. The number of aryl methyl sites for hydroxylation is 1. The number of rotatable bonds is 1. The van der Waals surface area contributed by atoms with Crippen LogP contribution >= 0.6 is 0 Å². The number of benzene rings is 1. The Morgan fingerprint density at radius 1 is 0.895 bits per heavy atom. The maximum absolute atomic E-state index is 10.5. The van der Waals surface area contributed by atoms with Crippen molar-refractivity contribution in [3.8, 4) is 0 Å². The van der Waals surface area contributed by atoms with Gasteiger partial charge in [-0.3, -0.25) is 4.55 Å². The Balaban J connectivity index is 0.000000146. The third kappa shape index (κ3) is 4.32. The van der Waals surface area contributed by atoms with Gasteiger partial charge in [0.05, 0.1) is 4.90 Å². The summed E-state index contributed by atoms with van der Waals surface area (Å²) in [5.41, 5.74) is 0.956. The van der Waals surface area contributed by atoms with E-state index in [-0.39, 0.29) is 4.90 Å². The molecule has 0 aliphatic heterocycles. The Bertz CT molecular complexity index is 474. The van der Waals surface area contributed by atoms with Gasteiger partial charge in [0.15, 0.2) is 0 Å². The van der Waals surface area contributed by atoms with Gasteiger partial charge < -0.3 is 0 Å². The maximum atomic E-state index is 10.5.